The topological polar surface area (TPSA) is 43.9 Å². The third-order valence-electron chi connectivity index (χ3n) is 6.83. The van der Waals surface area contributed by atoms with Crippen LogP contribution in [0.15, 0.2) is 66.0 Å². The molecule has 34 heavy (non-hydrogen) atoms. The Bertz CT molecular complexity index is 1180. The van der Waals surface area contributed by atoms with E-state index in [1.165, 1.54) is 16.0 Å². The molecule has 1 fully saturated rings. The smallest absolute Gasteiger partial charge is 0.254 e. The molecule has 1 saturated heterocycles. The SMILES string of the molecule is C[C@@H]1CN(C(=O)CN2CCc3sccc3[C@@H]2c2ccccc2)CCN1C(=O)c1cccc(Cl)c1. The van der Waals surface area contributed by atoms with Gasteiger partial charge in [-0.05, 0) is 54.1 Å². The van der Waals surface area contributed by atoms with E-state index < -0.39 is 0 Å². The summed E-state index contributed by atoms with van der Waals surface area (Å²) in [5, 5.41) is 2.71. The van der Waals surface area contributed by atoms with Crippen molar-refractivity contribution < 1.29 is 9.59 Å². The molecule has 2 aromatic carbocycles. The Labute approximate surface area is 209 Å². The van der Waals surface area contributed by atoms with Crippen LogP contribution in [0.4, 0.5) is 0 Å². The molecule has 1 aromatic heterocycles. The number of benzene rings is 2. The summed E-state index contributed by atoms with van der Waals surface area (Å²) in [6, 6.07) is 19.8. The minimum absolute atomic E-state index is 0.0349. The minimum atomic E-state index is -0.0565. The number of fused-ring (bicyclic) bond motifs is 1. The van der Waals surface area contributed by atoms with Gasteiger partial charge in [0.2, 0.25) is 5.91 Å². The summed E-state index contributed by atoms with van der Waals surface area (Å²) in [4.78, 5) is 33.9. The van der Waals surface area contributed by atoms with Gasteiger partial charge in [-0.1, -0.05) is 48.0 Å². The van der Waals surface area contributed by atoms with E-state index >= 15 is 0 Å². The highest BCUT2D eigenvalue weighted by Gasteiger charge is 2.34. The third kappa shape index (κ3) is 4.63. The van der Waals surface area contributed by atoms with Crippen LogP contribution >= 0.6 is 22.9 Å². The molecule has 2 amide bonds. The van der Waals surface area contributed by atoms with E-state index in [4.69, 9.17) is 11.6 Å². The summed E-state index contributed by atoms with van der Waals surface area (Å²) >= 11 is 7.88. The van der Waals surface area contributed by atoms with Gasteiger partial charge in [-0.15, -0.1) is 11.3 Å². The summed E-state index contributed by atoms with van der Waals surface area (Å²) in [6.07, 6.45) is 0.974. The summed E-state index contributed by atoms with van der Waals surface area (Å²) < 4.78 is 0. The Morgan fingerprint density at radius 2 is 1.85 bits per heavy atom. The van der Waals surface area contributed by atoms with Gasteiger partial charge in [0.25, 0.3) is 5.91 Å². The summed E-state index contributed by atoms with van der Waals surface area (Å²) in [6.45, 7) is 4.86. The average Bonchev–Trinajstić information content (AvgIpc) is 3.33. The second-order valence-corrected chi connectivity index (χ2v) is 10.5. The van der Waals surface area contributed by atoms with E-state index in [1.807, 2.05) is 34.1 Å². The Morgan fingerprint density at radius 1 is 1.03 bits per heavy atom. The molecule has 0 saturated carbocycles. The number of thiophene rings is 1. The van der Waals surface area contributed by atoms with E-state index in [2.05, 4.69) is 40.6 Å². The van der Waals surface area contributed by atoms with E-state index in [-0.39, 0.29) is 23.9 Å². The molecule has 3 heterocycles. The Morgan fingerprint density at radius 3 is 2.62 bits per heavy atom. The lowest BCUT2D eigenvalue weighted by Crippen LogP contribution is -2.57. The first-order chi connectivity index (χ1) is 16.5. The standard InChI is InChI=1S/C27H28ClN3O2S/c1-19-17-29(13-14-31(19)27(33)21-8-5-9-22(28)16-21)25(32)18-30-12-10-24-23(11-15-34-24)26(30)20-6-3-2-4-7-20/h2-9,11,15-16,19,26H,10,12-14,17-18H2,1H3/t19-,26+/m1/s1. The Kier molecular flexibility index (Phi) is 6.73. The highest BCUT2D eigenvalue weighted by Crippen LogP contribution is 2.37. The van der Waals surface area contributed by atoms with Crippen LogP contribution in [0.5, 0.6) is 0 Å². The largest absolute Gasteiger partial charge is 0.338 e. The summed E-state index contributed by atoms with van der Waals surface area (Å²) in [5.74, 6) is 0.0913. The molecule has 3 aromatic rings. The first-order valence-corrected chi connectivity index (χ1v) is 13.0. The van der Waals surface area contributed by atoms with E-state index in [9.17, 15) is 9.59 Å². The number of hydrogen-bond acceptors (Lipinski definition) is 4. The molecule has 2 aliphatic rings. The van der Waals surface area contributed by atoms with Crippen molar-refractivity contribution in [3.8, 4) is 0 Å². The normalized spacial score (nSPS) is 20.8. The van der Waals surface area contributed by atoms with Gasteiger partial charge in [-0.3, -0.25) is 14.5 Å². The fraction of sp³-hybridized carbons (Fsp3) is 0.333. The number of halogens is 1. The van der Waals surface area contributed by atoms with E-state index in [1.54, 1.807) is 24.3 Å². The molecular weight excluding hydrogens is 466 g/mol. The maximum atomic E-state index is 13.4. The maximum Gasteiger partial charge on any atom is 0.254 e. The molecule has 5 rings (SSSR count). The highest BCUT2D eigenvalue weighted by molar-refractivity contribution is 7.10. The first kappa shape index (κ1) is 23.1. The number of amides is 2. The molecule has 0 unspecified atom stereocenters. The quantitative estimate of drug-likeness (QED) is 0.528. The van der Waals surface area contributed by atoms with Crippen LogP contribution in [0, 0.1) is 0 Å². The molecule has 176 valence electrons. The maximum absolute atomic E-state index is 13.4. The molecular formula is C27H28ClN3O2S. The van der Waals surface area contributed by atoms with E-state index in [0.717, 1.165) is 13.0 Å². The van der Waals surface area contributed by atoms with Crippen LogP contribution in [-0.2, 0) is 11.2 Å². The lowest BCUT2D eigenvalue weighted by atomic mass is 9.93. The van der Waals surface area contributed by atoms with E-state index in [0.29, 0.717) is 36.8 Å². The van der Waals surface area contributed by atoms with Gasteiger partial charge in [0.15, 0.2) is 0 Å². The number of carbonyl (C=O) groups excluding carboxylic acids is 2. The zero-order valence-corrected chi connectivity index (χ0v) is 20.8. The summed E-state index contributed by atoms with van der Waals surface area (Å²) in [7, 11) is 0. The lowest BCUT2D eigenvalue weighted by molar-refractivity contribution is -0.135. The number of rotatable bonds is 4. The average molecular weight is 494 g/mol. The number of hydrogen-bond donors (Lipinski definition) is 0. The van der Waals surface area contributed by atoms with Crippen LogP contribution < -0.4 is 0 Å². The first-order valence-electron chi connectivity index (χ1n) is 11.7. The van der Waals surface area contributed by atoms with Crippen molar-refractivity contribution >= 4 is 34.8 Å². The molecule has 0 aliphatic carbocycles. The van der Waals surface area contributed by atoms with Gasteiger partial charge in [0.05, 0.1) is 12.6 Å². The minimum Gasteiger partial charge on any atom is -0.338 e. The Hall–Kier alpha value is -2.67. The number of nitrogens with zero attached hydrogens (tertiary/aromatic N) is 3. The number of piperazine rings is 1. The molecule has 2 aliphatic heterocycles. The highest BCUT2D eigenvalue weighted by atomic mass is 35.5. The van der Waals surface area contributed by atoms with Crippen LogP contribution in [0.3, 0.4) is 0 Å². The van der Waals surface area contributed by atoms with Gasteiger partial charge in [-0.25, -0.2) is 0 Å². The zero-order chi connectivity index (χ0) is 23.7. The van der Waals surface area contributed by atoms with Crippen molar-refractivity contribution in [2.24, 2.45) is 0 Å². The van der Waals surface area contributed by atoms with Crippen molar-refractivity contribution in [3.05, 3.63) is 92.6 Å². The fourth-order valence-corrected chi connectivity index (χ4v) is 6.21. The van der Waals surface area contributed by atoms with Gasteiger partial charge in [0.1, 0.15) is 0 Å². The van der Waals surface area contributed by atoms with Gasteiger partial charge in [0, 0.05) is 47.7 Å². The molecule has 0 radical (unpaired) electrons. The van der Waals surface area contributed by atoms with Gasteiger partial charge >= 0.3 is 0 Å². The van der Waals surface area contributed by atoms with Crippen molar-refractivity contribution in [1.29, 1.82) is 0 Å². The molecule has 0 N–H and O–H groups in total. The van der Waals surface area contributed by atoms with Crippen molar-refractivity contribution in [2.45, 2.75) is 25.4 Å². The fourth-order valence-electron chi connectivity index (χ4n) is 5.11. The van der Waals surface area contributed by atoms with Crippen molar-refractivity contribution in [1.82, 2.24) is 14.7 Å². The van der Waals surface area contributed by atoms with Crippen LogP contribution in [-0.4, -0.2) is 65.3 Å². The van der Waals surface area contributed by atoms with Crippen LogP contribution in [0.1, 0.15) is 39.3 Å². The molecule has 2 atom stereocenters. The summed E-state index contributed by atoms with van der Waals surface area (Å²) in [5.41, 5.74) is 3.13. The lowest BCUT2D eigenvalue weighted by Gasteiger charge is -2.42. The molecule has 5 nitrogen and oxygen atoms in total. The molecule has 7 heteroatoms. The second-order valence-electron chi connectivity index (χ2n) is 9.03. The Balaban J connectivity index is 1.27. The van der Waals surface area contributed by atoms with Gasteiger partial charge < -0.3 is 9.80 Å². The monoisotopic (exact) mass is 493 g/mol. The van der Waals surface area contributed by atoms with Crippen LogP contribution in [0.25, 0.3) is 0 Å². The predicted molar refractivity (Wildman–Crippen MR) is 136 cm³/mol. The predicted octanol–water partition coefficient (Wildman–Crippen LogP) is 4.72. The zero-order valence-electron chi connectivity index (χ0n) is 19.2. The van der Waals surface area contributed by atoms with Crippen molar-refractivity contribution in [2.75, 3.05) is 32.7 Å². The van der Waals surface area contributed by atoms with Crippen molar-refractivity contribution in [3.63, 3.8) is 0 Å². The van der Waals surface area contributed by atoms with Gasteiger partial charge in [-0.2, -0.15) is 0 Å². The number of carbonyl (C=O) groups is 2. The molecule has 0 spiro atoms. The molecule has 0 bridgehead atoms. The van der Waals surface area contributed by atoms with Crippen LogP contribution in [0.2, 0.25) is 5.02 Å². The second kappa shape index (κ2) is 9.90. The third-order valence-corrected chi connectivity index (χ3v) is 8.06.